The van der Waals surface area contributed by atoms with E-state index in [4.69, 9.17) is 27.9 Å². The van der Waals surface area contributed by atoms with E-state index < -0.39 is 11.8 Å². The van der Waals surface area contributed by atoms with Crippen molar-refractivity contribution in [3.05, 3.63) is 57.6 Å². The molecule has 0 heterocycles. The number of ether oxygens (including phenoxy) is 1. The van der Waals surface area contributed by atoms with Gasteiger partial charge in [-0.25, -0.2) is 0 Å². The number of phenolic OH excluding ortho intramolecular Hbond substituents is 1. The molecule has 0 aliphatic rings. The van der Waals surface area contributed by atoms with Gasteiger partial charge in [0.2, 0.25) is 0 Å². The van der Waals surface area contributed by atoms with Gasteiger partial charge in [-0.05, 0) is 24.3 Å². The average molecular weight is 355 g/mol. The predicted molar refractivity (Wildman–Crippen MR) is 86.1 cm³/mol. The molecule has 2 amide bonds. The predicted octanol–water partition coefficient (Wildman–Crippen LogP) is 2.78. The zero-order chi connectivity index (χ0) is 17.0. The van der Waals surface area contributed by atoms with Gasteiger partial charge in [-0.2, -0.15) is 0 Å². The third-order valence-electron chi connectivity index (χ3n) is 2.90. The van der Waals surface area contributed by atoms with Gasteiger partial charge in [-0.3, -0.25) is 20.4 Å². The minimum atomic E-state index is -0.665. The Morgan fingerprint density at radius 2 is 1.61 bits per heavy atom. The summed E-state index contributed by atoms with van der Waals surface area (Å²) in [5, 5.41) is 9.90. The van der Waals surface area contributed by atoms with Crippen molar-refractivity contribution in [1.29, 1.82) is 0 Å². The molecule has 0 aliphatic carbocycles. The van der Waals surface area contributed by atoms with Gasteiger partial charge in [0.25, 0.3) is 11.8 Å². The molecule has 0 bridgehead atoms. The van der Waals surface area contributed by atoms with Crippen molar-refractivity contribution in [2.45, 2.75) is 0 Å². The first kappa shape index (κ1) is 16.9. The fourth-order valence-corrected chi connectivity index (χ4v) is 2.45. The molecule has 23 heavy (non-hydrogen) atoms. The number of aromatic hydroxyl groups is 1. The minimum absolute atomic E-state index is 0.0265. The molecule has 120 valence electrons. The zero-order valence-electron chi connectivity index (χ0n) is 11.9. The van der Waals surface area contributed by atoms with E-state index in [1.807, 2.05) is 0 Å². The van der Waals surface area contributed by atoms with E-state index in [2.05, 4.69) is 10.9 Å². The van der Waals surface area contributed by atoms with Gasteiger partial charge < -0.3 is 9.84 Å². The van der Waals surface area contributed by atoms with E-state index in [1.54, 1.807) is 12.1 Å². The fourth-order valence-electron chi connectivity index (χ4n) is 1.80. The Bertz CT molecular complexity index is 742. The quantitative estimate of drug-likeness (QED) is 0.739. The van der Waals surface area contributed by atoms with Gasteiger partial charge in [-0.15, -0.1) is 0 Å². The van der Waals surface area contributed by atoms with Crippen LogP contribution in [0.1, 0.15) is 20.7 Å². The summed E-state index contributed by atoms with van der Waals surface area (Å²) < 4.78 is 4.99. The number of hydrazine groups is 1. The monoisotopic (exact) mass is 354 g/mol. The Morgan fingerprint density at radius 1 is 1.04 bits per heavy atom. The van der Waals surface area contributed by atoms with Gasteiger partial charge >= 0.3 is 0 Å². The number of amides is 2. The normalized spacial score (nSPS) is 10.0. The number of nitrogens with one attached hydrogen (secondary N) is 2. The Kier molecular flexibility index (Phi) is 5.31. The van der Waals surface area contributed by atoms with Crippen LogP contribution in [0.4, 0.5) is 0 Å². The molecule has 0 atom stereocenters. The van der Waals surface area contributed by atoms with Crippen molar-refractivity contribution in [3.63, 3.8) is 0 Å². The van der Waals surface area contributed by atoms with Crippen molar-refractivity contribution < 1.29 is 19.4 Å². The van der Waals surface area contributed by atoms with Crippen LogP contribution in [-0.4, -0.2) is 24.0 Å². The van der Waals surface area contributed by atoms with Gasteiger partial charge in [0.05, 0.1) is 22.7 Å². The summed E-state index contributed by atoms with van der Waals surface area (Å²) in [6, 6.07) is 8.64. The smallest absolute Gasteiger partial charge is 0.273 e. The van der Waals surface area contributed by atoms with Crippen LogP contribution in [0.5, 0.6) is 11.5 Å². The van der Waals surface area contributed by atoms with Crippen LogP contribution in [-0.2, 0) is 0 Å². The number of carbonyl (C=O) groups is 2. The Hall–Kier alpha value is -2.44. The number of hydrogen-bond acceptors (Lipinski definition) is 4. The van der Waals surface area contributed by atoms with Crippen LogP contribution in [0.3, 0.4) is 0 Å². The topological polar surface area (TPSA) is 87.7 Å². The Morgan fingerprint density at radius 3 is 2.17 bits per heavy atom. The molecule has 6 nitrogen and oxygen atoms in total. The molecule has 0 saturated heterocycles. The zero-order valence-corrected chi connectivity index (χ0v) is 13.4. The molecule has 0 aromatic heterocycles. The van der Waals surface area contributed by atoms with Crippen LogP contribution in [0.2, 0.25) is 10.0 Å². The first-order valence-electron chi connectivity index (χ1n) is 6.35. The average Bonchev–Trinajstić information content (AvgIpc) is 2.52. The van der Waals surface area contributed by atoms with E-state index in [0.29, 0.717) is 0 Å². The summed E-state index contributed by atoms with van der Waals surface area (Å²) >= 11 is 11.9. The maximum Gasteiger partial charge on any atom is 0.273 e. The largest absolute Gasteiger partial charge is 0.507 e. The summed E-state index contributed by atoms with van der Waals surface area (Å²) in [7, 11) is 1.40. The molecule has 0 spiro atoms. The van der Waals surface area contributed by atoms with Crippen molar-refractivity contribution >= 4 is 35.0 Å². The second-order valence-corrected chi connectivity index (χ2v) is 5.21. The summed E-state index contributed by atoms with van der Waals surface area (Å²) in [6.45, 7) is 0. The molecule has 0 aliphatic heterocycles. The Labute approximate surface area is 141 Å². The summed E-state index contributed by atoms with van der Waals surface area (Å²) in [5.74, 6) is -1.24. The lowest BCUT2D eigenvalue weighted by Crippen LogP contribution is -2.41. The lowest BCUT2D eigenvalue weighted by molar-refractivity contribution is 0.0845. The lowest BCUT2D eigenvalue weighted by Gasteiger charge is -2.10. The minimum Gasteiger partial charge on any atom is -0.507 e. The van der Waals surface area contributed by atoms with E-state index >= 15 is 0 Å². The van der Waals surface area contributed by atoms with Crippen LogP contribution in [0.25, 0.3) is 0 Å². The highest BCUT2D eigenvalue weighted by atomic mass is 35.5. The highest BCUT2D eigenvalue weighted by Crippen LogP contribution is 2.33. The number of rotatable bonds is 3. The molecule has 8 heteroatoms. The van der Waals surface area contributed by atoms with Crippen molar-refractivity contribution in [3.8, 4) is 11.5 Å². The summed E-state index contributed by atoms with van der Waals surface area (Å²) in [5.41, 5.74) is 4.56. The molecule has 2 aromatic rings. The first-order chi connectivity index (χ1) is 10.9. The highest BCUT2D eigenvalue weighted by Gasteiger charge is 2.15. The van der Waals surface area contributed by atoms with Gasteiger partial charge in [0.1, 0.15) is 5.75 Å². The summed E-state index contributed by atoms with van der Waals surface area (Å²) in [6.07, 6.45) is 0. The molecule has 0 unspecified atom stereocenters. The van der Waals surface area contributed by atoms with E-state index in [0.717, 1.165) is 0 Å². The molecule has 0 fully saturated rings. The highest BCUT2D eigenvalue weighted by molar-refractivity contribution is 6.37. The molecule has 2 rings (SSSR count). The van der Waals surface area contributed by atoms with Gasteiger partial charge in [0, 0.05) is 5.56 Å². The third kappa shape index (κ3) is 3.85. The van der Waals surface area contributed by atoms with Gasteiger partial charge in [-0.1, -0.05) is 35.3 Å². The van der Waals surface area contributed by atoms with Crippen LogP contribution >= 0.6 is 23.2 Å². The Balaban J connectivity index is 2.08. The second-order valence-electron chi connectivity index (χ2n) is 4.40. The van der Waals surface area contributed by atoms with E-state index in [9.17, 15) is 14.7 Å². The number of carbonyl (C=O) groups excluding carboxylic acids is 2. The standard InChI is InChI=1S/C15H12Cl2N2O4/c1-23-13-10(16)6-8(7-11(13)17)14(21)18-19-15(22)9-4-2-3-5-12(9)20/h2-7,20H,1H3,(H,18,21)(H,19,22). The number of methoxy groups -OCH3 is 1. The molecule has 0 saturated carbocycles. The SMILES string of the molecule is COc1c(Cl)cc(C(=O)NNC(=O)c2ccccc2O)cc1Cl. The first-order valence-corrected chi connectivity index (χ1v) is 7.11. The van der Waals surface area contributed by atoms with Crippen molar-refractivity contribution in [1.82, 2.24) is 10.9 Å². The maximum atomic E-state index is 12.0. The van der Waals surface area contributed by atoms with Crippen molar-refractivity contribution in [2.75, 3.05) is 7.11 Å². The number of halogens is 2. The fraction of sp³-hybridized carbons (Fsp3) is 0.0667. The van der Waals surface area contributed by atoms with Crippen LogP contribution in [0.15, 0.2) is 36.4 Å². The number of phenols is 1. The number of benzene rings is 2. The van der Waals surface area contributed by atoms with Gasteiger partial charge in [0.15, 0.2) is 5.75 Å². The van der Waals surface area contributed by atoms with Crippen LogP contribution < -0.4 is 15.6 Å². The maximum absolute atomic E-state index is 12.0. The number of hydrogen-bond donors (Lipinski definition) is 3. The van der Waals surface area contributed by atoms with E-state index in [1.165, 1.54) is 31.4 Å². The molecule has 2 aromatic carbocycles. The third-order valence-corrected chi connectivity index (χ3v) is 3.46. The number of para-hydroxylation sites is 1. The second kappa shape index (κ2) is 7.21. The van der Waals surface area contributed by atoms with Crippen molar-refractivity contribution in [2.24, 2.45) is 0 Å². The molecule has 0 radical (unpaired) electrons. The molecular formula is C15H12Cl2N2O4. The summed E-state index contributed by atoms with van der Waals surface area (Å²) in [4.78, 5) is 23.9. The molecular weight excluding hydrogens is 343 g/mol. The lowest BCUT2D eigenvalue weighted by atomic mass is 10.2. The van der Waals surface area contributed by atoms with Crippen LogP contribution in [0, 0.1) is 0 Å². The van der Waals surface area contributed by atoms with E-state index in [-0.39, 0.29) is 32.7 Å². The molecule has 3 N–H and O–H groups in total.